The van der Waals surface area contributed by atoms with Gasteiger partial charge in [-0.15, -0.1) is 0 Å². The number of thioether (sulfide) groups is 1. The molecule has 2 rings (SSSR count). The van der Waals surface area contributed by atoms with Gasteiger partial charge in [0.2, 0.25) is 10.0 Å². The van der Waals surface area contributed by atoms with E-state index in [2.05, 4.69) is 0 Å². The van der Waals surface area contributed by atoms with E-state index in [1.807, 2.05) is 0 Å². The van der Waals surface area contributed by atoms with Crippen LogP contribution < -0.4 is 0 Å². The molecule has 0 bridgehead atoms. The van der Waals surface area contributed by atoms with Crippen molar-refractivity contribution in [2.75, 3.05) is 24.6 Å². The van der Waals surface area contributed by atoms with E-state index in [0.29, 0.717) is 24.6 Å². The molecular weight excluding hydrogens is 293 g/mol. The molecule has 104 valence electrons. The Morgan fingerprint density at radius 2 is 1.95 bits per heavy atom. The number of aromatic carboxylic acids is 1. The third kappa shape index (κ3) is 2.90. The molecule has 1 N–H and O–H groups in total. The number of carboxylic acids is 1. The number of hydrogen-bond acceptors (Lipinski definition) is 4. The Bertz CT molecular complexity index is 597. The molecule has 1 fully saturated rings. The third-order valence-electron chi connectivity index (χ3n) is 2.77. The molecule has 0 saturated carbocycles. The van der Waals surface area contributed by atoms with E-state index in [-0.39, 0.29) is 5.56 Å². The fraction of sp³-hybridized carbons (Fsp3) is 0.364. The van der Waals surface area contributed by atoms with Gasteiger partial charge in [-0.3, -0.25) is 0 Å². The SMILES string of the molecule is O=C(O)c1ccc(S(=O)(=O)N2CCSCC2)c(F)c1. The van der Waals surface area contributed by atoms with Crippen LogP contribution in [0.2, 0.25) is 0 Å². The lowest BCUT2D eigenvalue weighted by molar-refractivity contribution is 0.0696. The highest BCUT2D eigenvalue weighted by Gasteiger charge is 2.29. The van der Waals surface area contributed by atoms with Crippen molar-refractivity contribution in [1.29, 1.82) is 0 Å². The summed E-state index contributed by atoms with van der Waals surface area (Å²) < 4.78 is 39.4. The van der Waals surface area contributed by atoms with Gasteiger partial charge in [-0.2, -0.15) is 16.1 Å². The minimum absolute atomic E-state index is 0.273. The van der Waals surface area contributed by atoms with E-state index < -0.39 is 26.7 Å². The van der Waals surface area contributed by atoms with Crippen LogP contribution >= 0.6 is 11.8 Å². The molecule has 5 nitrogen and oxygen atoms in total. The highest BCUT2D eigenvalue weighted by atomic mass is 32.2. The number of carbonyl (C=O) groups is 1. The number of halogens is 1. The number of rotatable bonds is 3. The summed E-state index contributed by atoms with van der Waals surface area (Å²) in [6, 6.07) is 2.83. The zero-order chi connectivity index (χ0) is 14.0. The largest absolute Gasteiger partial charge is 0.478 e. The highest BCUT2D eigenvalue weighted by molar-refractivity contribution is 7.99. The Morgan fingerprint density at radius 1 is 1.32 bits per heavy atom. The Labute approximate surface area is 114 Å². The summed E-state index contributed by atoms with van der Waals surface area (Å²) in [6.45, 7) is 0.681. The number of sulfonamides is 1. The van der Waals surface area contributed by atoms with Gasteiger partial charge >= 0.3 is 5.97 Å². The maximum absolute atomic E-state index is 13.8. The monoisotopic (exact) mass is 305 g/mol. The molecule has 0 radical (unpaired) electrons. The van der Waals surface area contributed by atoms with E-state index >= 15 is 0 Å². The molecule has 8 heteroatoms. The van der Waals surface area contributed by atoms with Gasteiger partial charge in [0.1, 0.15) is 10.7 Å². The van der Waals surface area contributed by atoms with Crippen molar-refractivity contribution in [3.63, 3.8) is 0 Å². The van der Waals surface area contributed by atoms with Crippen LogP contribution in [0.25, 0.3) is 0 Å². The fourth-order valence-electron chi connectivity index (χ4n) is 1.77. The first-order chi connectivity index (χ1) is 8.93. The van der Waals surface area contributed by atoms with E-state index in [9.17, 15) is 17.6 Å². The molecule has 1 aromatic rings. The van der Waals surface area contributed by atoms with Crippen LogP contribution in [0.5, 0.6) is 0 Å². The third-order valence-corrected chi connectivity index (χ3v) is 5.64. The van der Waals surface area contributed by atoms with Gasteiger partial charge in [0.05, 0.1) is 5.56 Å². The molecule has 1 heterocycles. The molecule has 19 heavy (non-hydrogen) atoms. The molecule has 1 aliphatic rings. The Kier molecular flexibility index (Phi) is 4.12. The Morgan fingerprint density at radius 3 is 2.47 bits per heavy atom. The smallest absolute Gasteiger partial charge is 0.335 e. The molecule has 0 amide bonds. The van der Waals surface area contributed by atoms with Crippen molar-refractivity contribution in [3.05, 3.63) is 29.6 Å². The average Bonchev–Trinajstić information content (AvgIpc) is 2.39. The molecule has 1 aliphatic heterocycles. The number of benzene rings is 1. The van der Waals surface area contributed by atoms with Crippen molar-refractivity contribution in [2.24, 2.45) is 0 Å². The van der Waals surface area contributed by atoms with Crippen molar-refractivity contribution in [2.45, 2.75) is 4.90 Å². The summed E-state index contributed by atoms with van der Waals surface area (Å²) in [7, 11) is -3.88. The minimum atomic E-state index is -3.88. The summed E-state index contributed by atoms with van der Waals surface area (Å²) in [4.78, 5) is 10.2. The first kappa shape index (κ1) is 14.3. The van der Waals surface area contributed by atoms with Gasteiger partial charge in [-0.1, -0.05) is 0 Å². The molecule has 0 aliphatic carbocycles. The summed E-state index contributed by atoms with van der Waals surface area (Å²) in [6.07, 6.45) is 0. The fourth-order valence-corrected chi connectivity index (χ4v) is 4.39. The Balaban J connectivity index is 2.37. The van der Waals surface area contributed by atoms with Crippen LogP contribution in [0.4, 0.5) is 4.39 Å². The van der Waals surface area contributed by atoms with E-state index in [0.717, 1.165) is 18.2 Å². The lowest BCUT2D eigenvalue weighted by Crippen LogP contribution is -2.38. The first-order valence-corrected chi connectivity index (χ1v) is 8.13. The van der Waals surface area contributed by atoms with Crippen LogP contribution in [0, 0.1) is 5.82 Å². The first-order valence-electron chi connectivity index (χ1n) is 5.53. The number of hydrogen-bond donors (Lipinski definition) is 1. The van der Waals surface area contributed by atoms with Gasteiger partial charge in [0.15, 0.2) is 0 Å². The predicted molar refractivity (Wildman–Crippen MR) is 69.4 cm³/mol. The highest BCUT2D eigenvalue weighted by Crippen LogP contribution is 2.23. The van der Waals surface area contributed by atoms with Crippen LogP contribution in [-0.2, 0) is 10.0 Å². The second-order valence-corrected chi connectivity index (χ2v) is 7.10. The van der Waals surface area contributed by atoms with Crippen molar-refractivity contribution >= 4 is 27.8 Å². The van der Waals surface area contributed by atoms with Crippen molar-refractivity contribution in [1.82, 2.24) is 4.31 Å². The van der Waals surface area contributed by atoms with Gasteiger partial charge in [-0.25, -0.2) is 17.6 Å². The summed E-state index contributed by atoms with van der Waals surface area (Å²) >= 11 is 1.64. The molecule has 1 saturated heterocycles. The molecule has 0 unspecified atom stereocenters. The summed E-state index contributed by atoms with van der Waals surface area (Å²) in [5.41, 5.74) is -0.273. The normalized spacial score (nSPS) is 17.3. The zero-order valence-electron chi connectivity index (χ0n) is 9.87. The average molecular weight is 305 g/mol. The van der Waals surface area contributed by atoms with Gasteiger partial charge in [0, 0.05) is 24.6 Å². The number of carboxylic acid groups (broad SMARTS) is 1. The maximum atomic E-state index is 13.8. The molecular formula is C11H12FNO4S2. The van der Waals surface area contributed by atoms with E-state index in [1.165, 1.54) is 4.31 Å². The van der Waals surface area contributed by atoms with Crippen molar-refractivity contribution < 1.29 is 22.7 Å². The van der Waals surface area contributed by atoms with E-state index in [4.69, 9.17) is 5.11 Å². The summed E-state index contributed by atoms with van der Waals surface area (Å²) in [5.74, 6) is -0.974. The van der Waals surface area contributed by atoms with Crippen LogP contribution in [0.15, 0.2) is 23.1 Å². The van der Waals surface area contributed by atoms with Crippen LogP contribution in [-0.4, -0.2) is 48.4 Å². The molecule has 0 spiro atoms. The van der Waals surface area contributed by atoms with Gasteiger partial charge < -0.3 is 5.11 Å². The van der Waals surface area contributed by atoms with Crippen LogP contribution in [0.1, 0.15) is 10.4 Å². The van der Waals surface area contributed by atoms with Gasteiger partial charge in [-0.05, 0) is 18.2 Å². The van der Waals surface area contributed by atoms with E-state index in [1.54, 1.807) is 11.8 Å². The topological polar surface area (TPSA) is 74.7 Å². The quantitative estimate of drug-likeness (QED) is 0.910. The standard InChI is InChI=1S/C11H12FNO4S2/c12-9-7-8(11(14)15)1-2-10(9)19(16,17)13-3-5-18-6-4-13/h1-2,7H,3-6H2,(H,14,15). The second kappa shape index (κ2) is 5.48. The predicted octanol–water partition coefficient (Wildman–Crippen LogP) is 1.26. The molecule has 0 atom stereocenters. The second-order valence-electron chi connectivity index (χ2n) is 3.97. The molecule has 1 aromatic carbocycles. The minimum Gasteiger partial charge on any atom is -0.478 e. The zero-order valence-corrected chi connectivity index (χ0v) is 11.5. The number of nitrogens with zero attached hydrogens (tertiary/aromatic N) is 1. The summed E-state index contributed by atoms with van der Waals surface area (Å²) in [5, 5.41) is 8.72. The maximum Gasteiger partial charge on any atom is 0.335 e. The Hall–Kier alpha value is -1.12. The van der Waals surface area contributed by atoms with Crippen molar-refractivity contribution in [3.8, 4) is 0 Å². The molecule has 0 aromatic heterocycles. The van der Waals surface area contributed by atoms with Crippen LogP contribution in [0.3, 0.4) is 0 Å². The lowest BCUT2D eigenvalue weighted by Gasteiger charge is -2.25. The van der Waals surface area contributed by atoms with Gasteiger partial charge in [0.25, 0.3) is 0 Å². The lowest BCUT2D eigenvalue weighted by atomic mass is 10.2.